The Labute approximate surface area is 132 Å². The quantitative estimate of drug-likeness (QED) is 0.800. The Balaban J connectivity index is 1.86. The van der Waals surface area contributed by atoms with Crippen LogP contribution in [0.15, 0.2) is 54.6 Å². The largest absolute Gasteiger partial charge is 0.497 e. The van der Waals surface area contributed by atoms with E-state index in [0.717, 1.165) is 36.3 Å². The standard InChI is InChI=1S/C19H24NO2/c1-20(15-16-7-4-3-5-8-16)13-6-14-22-19(20)17-9-11-18(21-2)12-10-17/h3-5,7-12,19H,6,13-15H2,1-2H3/q+1. The Morgan fingerprint density at radius 3 is 2.50 bits per heavy atom. The summed E-state index contributed by atoms with van der Waals surface area (Å²) in [6.07, 6.45) is 1.19. The summed E-state index contributed by atoms with van der Waals surface area (Å²) >= 11 is 0. The van der Waals surface area contributed by atoms with E-state index in [9.17, 15) is 0 Å². The highest BCUT2D eigenvalue weighted by atomic mass is 16.5. The molecule has 2 aromatic rings. The maximum Gasteiger partial charge on any atom is 0.220 e. The molecule has 0 saturated carbocycles. The highest BCUT2D eigenvalue weighted by molar-refractivity contribution is 5.28. The molecule has 0 radical (unpaired) electrons. The van der Waals surface area contributed by atoms with Gasteiger partial charge in [0.1, 0.15) is 12.3 Å². The van der Waals surface area contributed by atoms with Gasteiger partial charge in [0.15, 0.2) is 0 Å². The second kappa shape index (κ2) is 6.51. The zero-order valence-corrected chi connectivity index (χ0v) is 13.4. The summed E-state index contributed by atoms with van der Waals surface area (Å²) in [7, 11) is 3.99. The van der Waals surface area contributed by atoms with Crippen LogP contribution in [0.5, 0.6) is 5.75 Å². The van der Waals surface area contributed by atoms with E-state index in [1.165, 1.54) is 11.1 Å². The van der Waals surface area contributed by atoms with Gasteiger partial charge in [-0.2, -0.15) is 0 Å². The molecule has 1 heterocycles. The predicted molar refractivity (Wildman–Crippen MR) is 87.5 cm³/mol. The molecule has 3 heteroatoms. The molecule has 3 nitrogen and oxygen atoms in total. The van der Waals surface area contributed by atoms with Gasteiger partial charge in [-0.15, -0.1) is 0 Å². The van der Waals surface area contributed by atoms with Gasteiger partial charge < -0.3 is 9.47 Å². The van der Waals surface area contributed by atoms with E-state index < -0.39 is 0 Å². The van der Waals surface area contributed by atoms with E-state index in [-0.39, 0.29) is 6.23 Å². The van der Waals surface area contributed by atoms with Gasteiger partial charge in [0, 0.05) is 17.5 Å². The predicted octanol–water partition coefficient (Wildman–Crippen LogP) is 3.76. The van der Waals surface area contributed by atoms with Crippen molar-refractivity contribution in [1.29, 1.82) is 0 Å². The van der Waals surface area contributed by atoms with E-state index in [1.807, 2.05) is 12.1 Å². The van der Waals surface area contributed by atoms with E-state index in [0.29, 0.717) is 0 Å². The number of hydrogen-bond acceptors (Lipinski definition) is 2. The normalized spacial score (nSPS) is 24.9. The summed E-state index contributed by atoms with van der Waals surface area (Å²) in [4.78, 5) is 0. The SMILES string of the molecule is COc1ccc(C2OCCC[N+]2(C)Cc2ccccc2)cc1. The fourth-order valence-corrected chi connectivity index (χ4v) is 3.31. The topological polar surface area (TPSA) is 18.5 Å². The minimum atomic E-state index is 0.0832. The van der Waals surface area contributed by atoms with Crippen LogP contribution in [-0.2, 0) is 11.3 Å². The van der Waals surface area contributed by atoms with Crippen LogP contribution in [0.1, 0.15) is 23.8 Å². The summed E-state index contributed by atoms with van der Waals surface area (Å²) < 4.78 is 12.3. The van der Waals surface area contributed by atoms with Crippen molar-refractivity contribution >= 4 is 0 Å². The summed E-state index contributed by atoms with van der Waals surface area (Å²) in [5.74, 6) is 0.886. The first-order valence-corrected chi connectivity index (χ1v) is 7.85. The molecule has 1 saturated heterocycles. The third-order valence-corrected chi connectivity index (χ3v) is 4.44. The lowest BCUT2D eigenvalue weighted by Gasteiger charge is -2.44. The molecule has 2 atom stereocenters. The summed E-state index contributed by atoms with van der Waals surface area (Å²) in [6, 6.07) is 18.9. The zero-order valence-electron chi connectivity index (χ0n) is 13.4. The van der Waals surface area contributed by atoms with Gasteiger partial charge in [-0.25, -0.2) is 0 Å². The molecule has 3 rings (SSSR count). The van der Waals surface area contributed by atoms with E-state index >= 15 is 0 Å². The van der Waals surface area contributed by atoms with Crippen LogP contribution in [0.4, 0.5) is 0 Å². The van der Waals surface area contributed by atoms with Gasteiger partial charge in [-0.05, 0) is 24.3 Å². The lowest BCUT2D eigenvalue weighted by atomic mass is 10.1. The van der Waals surface area contributed by atoms with Crippen LogP contribution >= 0.6 is 0 Å². The van der Waals surface area contributed by atoms with E-state index in [2.05, 4.69) is 49.5 Å². The average Bonchev–Trinajstić information content (AvgIpc) is 2.56. The van der Waals surface area contributed by atoms with E-state index in [4.69, 9.17) is 9.47 Å². The third-order valence-electron chi connectivity index (χ3n) is 4.44. The van der Waals surface area contributed by atoms with Gasteiger partial charge in [-0.3, -0.25) is 4.48 Å². The van der Waals surface area contributed by atoms with Crippen molar-refractivity contribution in [2.45, 2.75) is 19.2 Å². The zero-order chi connectivity index (χ0) is 15.4. The van der Waals surface area contributed by atoms with Crippen molar-refractivity contribution in [2.24, 2.45) is 0 Å². The first-order chi connectivity index (χ1) is 10.7. The maximum atomic E-state index is 6.16. The van der Waals surface area contributed by atoms with Crippen LogP contribution in [0, 0.1) is 0 Å². The molecule has 0 N–H and O–H groups in total. The number of ether oxygens (including phenoxy) is 2. The first-order valence-electron chi connectivity index (χ1n) is 7.85. The Morgan fingerprint density at radius 2 is 1.82 bits per heavy atom. The maximum absolute atomic E-state index is 6.16. The lowest BCUT2D eigenvalue weighted by molar-refractivity contribution is -0.981. The molecular weight excluding hydrogens is 274 g/mol. The third kappa shape index (κ3) is 3.16. The van der Waals surface area contributed by atoms with Crippen molar-refractivity contribution in [3.05, 3.63) is 65.7 Å². The molecule has 0 aliphatic carbocycles. The number of hydrogen-bond donors (Lipinski definition) is 0. The molecule has 1 aliphatic rings. The van der Waals surface area contributed by atoms with Crippen molar-refractivity contribution in [1.82, 2.24) is 0 Å². The van der Waals surface area contributed by atoms with Crippen molar-refractivity contribution in [2.75, 3.05) is 27.3 Å². The number of quaternary nitrogens is 1. The van der Waals surface area contributed by atoms with Gasteiger partial charge in [-0.1, -0.05) is 30.3 Å². The van der Waals surface area contributed by atoms with Gasteiger partial charge in [0.2, 0.25) is 6.23 Å². The van der Waals surface area contributed by atoms with Crippen molar-refractivity contribution in [3.8, 4) is 5.75 Å². The molecule has 0 spiro atoms. The van der Waals surface area contributed by atoms with Gasteiger partial charge in [0.25, 0.3) is 0 Å². The van der Waals surface area contributed by atoms with Gasteiger partial charge in [0.05, 0.1) is 27.3 Å². The minimum absolute atomic E-state index is 0.0832. The summed E-state index contributed by atoms with van der Waals surface area (Å²) in [6.45, 7) is 2.95. The Bertz CT molecular complexity index is 597. The fraction of sp³-hybridized carbons (Fsp3) is 0.368. The highest BCUT2D eigenvalue weighted by Crippen LogP contribution is 2.34. The second-order valence-electron chi connectivity index (χ2n) is 6.20. The number of nitrogens with zero attached hydrogens (tertiary/aromatic N) is 1. The number of methoxy groups -OCH3 is 1. The van der Waals surface area contributed by atoms with Crippen LogP contribution in [0.2, 0.25) is 0 Å². The monoisotopic (exact) mass is 298 g/mol. The molecule has 2 unspecified atom stereocenters. The molecule has 22 heavy (non-hydrogen) atoms. The number of benzene rings is 2. The molecule has 0 bridgehead atoms. The Morgan fingerprint density at radius 1 is 1.09 bits per heavy atom. The smallest absolute Gasteiger partial charge is 0.220 e. The average molecular weight is 298 g/mol. The summed E-state index contributed by atoms with van der Waals surface area (Å²) in [5, 5.41) is 0. The van der Waals surface area contributed by atoms with Crippen LogP contribution in [-0.4, -0.2) is 31.8 Å². The summed E-state index contributed by atoms with van der Waals surface area (Å²) in [5.41, 5.74) is 2.58. The molecule has 0 amide bonds. The molecule has 2 aromatic carbocycles. The molecule has 1 fully saturated rings. The number of rotatable bonds is 4. The van der Waals surface area contributed by atoms with Gasteiger partial charge >= 0.3 is 0 Å². The lowest BCUT2D eigenvalue weighted by Crippen LogP contribution is -2.51. The Hall–Kier alpha value is -1.84. The second-order valence-corrected chi connectivity index (χ2v) is 6.20. The molecule has 0 aromatic heterocycles. The Kier molecular flexibility index (Phi) is 4.46. The van der Waals surface area contributed by atoms with Crippen LogP contribution < -0.4 is 4.74 Å². The molecular formula is C19H24NO2+. The van der Waals surface area contributed by atoms with Crippen LogP contribution in [0.25, 0.3) is 0 Å². The highest BCUT2D eigenvalue weighted by Gasteiger charge is 2.37. The minimum Gasteiger partial charge on any atom is -0.497 e. The van der Waals surface area contributed by atoms with Crippen LogP contribution in [0.3, 0.4) is 0 Å². The molecule has 116 valence electrons. The first kappa shape index (κ1) is 15.1. The fourth-order valence-electron chi connectivity index (χ4n) is 3.31. The van der Waals surface area contributed by atoms with E-state index in [1.54, 1.807) is 7.11 Å². The molecule has 1 aliphatic heterocycles. The van der Waals surface area contributed by atoms with Crippen molar-refractivity contribution in [3.63, 3.8) is 0 Å². The van der Waals surface area contributed by atoms with Crippen molar-refractivity contribution < 1.29 is 14.0 Å².